The molecule has 1 aliphatic heterocycles. The van der Waals surface area contributed by atoms with Crippen LogP contribution in [0.3, 0.4) is 0 Å². The van der Waals surface area contributed by atoms with Crippen LogP contribution in [-0.4, -0.2) is 27.9 Å². The fourth-order valence-corrected chi connectivity index (χ4v) is 2.83. The van der Waals surface area contributed by atoms with Gasteiger partial charge in [0.2, 0.25) is 5.95 Å². The second-order valence-electron chi connectivity index (χ2n) is 4.96. The predicted molar refractivity (Wildman–Crippen MR) is 62.3 cm³/mol. The van der Waals surface area contributed by atoms with Crippen LogP contribution in [0, 0.1) is 5.92 Å². The highest BCUT2D eigenvalue weighted by molar-refractivity contribution is 5.29. The molecule has 1 unspecified atom stereocenters. The van der Waals surface area contributed by atoms with Crippen LogP contribution in [0.4, 0.5) is 5.95 Å². The van der Waals surface area contributed by atoms with Gasteiger partial charge in [-0.15, -0.1) is 10.2 Å². The molecular formula is C11H19N5. The molecule has 0 radical (unpaired) electrons. The maximum absolute atomic E-state index is 5.74. The predicted octanol–water partition coefficient (Wildman–Crippen LogP) is 0.936. The van der Waals surface area contributed by atoms with E-state index in [1.54, 1.807) is 0 Å². The number of aromatic nitrogens is 3. The van der Waals surface area contributed by atoms with Crippen LogP contribution in [0.1, 0.15) is 37.4 Å². The highest BCUT2D eigenvalue weighted by Gasteiger charge is 2.27. The summed E-state index contributed by atoms with van der Waals surface area (Å²) in [4.78, 5) is 0. The van der Waals surface area contributed by atoms with Crippen LogP contribution in [-0.2, 0) is 6.54 Å². The van der Waals surface area contributed by atoms with Crippen LogP contribution in [0.25, 0.3) is 0 Å². The van der Waals surface area contributed by atoms with Gasteiger partial charge in [-0.05, 0) is 19.4 Å². The molecule has 3 N–H and O–H groups in total. The lowest BCUT2D eigenvalue weighted by molar-refractivity contribution is 0.431. The van der Waals surface area contributed by atoms with Gasteiger partial charge in [-0.3, -0.25) is 4.57 Å². The zero-order chi connectivity index (χ0) is 11.0. The Morgan fingerprint density at radius 2 is 2.12 bits per heavy atom. The number of fused-ring (bicyclic) bond motifs is 1. The number of nitrogens with two attached hydrogens (primary N) is 1. The Hall–Kier alpha value is -1.10. The van der Waals surface area contributed by atoms with Crippen molar-refractivity contribution in [3.8, 4) is 0 Å². The van der Waals surface area contributed by atoms with Crippen molar-refractivity contribution in [2.75, 3.05) is 18.4 Å². The van der Waals surface area contributed by atoms with Gasteiger partial charge in [0.15, 0.2) is 0 Å². The smallest absolute Gasteiger partial charge is 0.224 e. The Morgan fingerprint density at radius 1 is 1.31 bits per heavy atom. The van der Waals surface area contributed by atoms with E-state index < -0.39 is 0 Å². The lowest BCUT2D eigenvalue weighted by atomic mass is 10.1. The minimum Gasteiger partial charge on any atom is -0.354 e. The van der Waals surface area contributed by atoms with E-state index in [9.17, 15) is 0 Å². The maximum Gasteiger partial charge on any atom is 0.224 e. The van der Waals surface area contributed by atoms with Crippen molar-refractivity contribution in [2.24, 2.45) is 11.7 Å². The number of rotatable bonds is 2. The van der Waals surface area contributed by atoms with Crippen LogP contribution >= 0.6 is 0 Å². The van der Waals surface area contributed by atoms with Crippen molar-refractivity contribution in [1.29, 1.82) is 0 Å². The Kier molecular flexibility index (Phi) is 2.55. The number of hydrogen-bond acceptors (Lipinski definition) is 4. The van der Waals surface area contributed by atoms with Gasteiger partial charge in [0.05, 0.1) is 0 Å². The minimum absolute atomic E-state index is 0.517. The monoisotopic (exact) mass is 221 g/mol. The van der Waals surface area contributed by atoms with Gasteiger partial charge in [-0.1, -0.05) is 12.8 Å². The lowest BCUT2D eigenvalue weighted by Crippen LogP contribution is -2.33. The summed E-state index contributed by atoms with van der Waals surface area (Å²) in [5.41, 5.74) is 5.74. The topological polar surface area (TPSA) is 68.8 Å². The van der Waals surface area contributed by atoms with Gasteiger partial charge in [0, 0.05) is 24.9 Å². The number of hydrogen-bond donors (Lipinski definition) is 2. The van der Waals surface area contributed by atoms with E-state index in [1.165, 1.54) is 31.5 Å². The Morgan fingerprint density at radius 3 is 2.88 bits per heavy atom. The van der Waals surface area contributed by atoms with Gasteiger partial charge < -0.3 is 11.1 Å². The summed E-state index contributed by atoms with van der Waals surface area (Å²) in [7, 11) is 0. The molecule has 1 atom stereocenters. The molecule has 1 aromatic heterocycles. The van der Waals surface area contributed by atoms with Crippen molar-refractivity contribution < 1.29 is 0 Å². The first-order chi connectivity index (χ1) is 7.88. The third-order valence-corrected chi connectivity index (χ3v) is 3.82. The van der Waals surface area contributed by atoms with E-state index >= 15 is 0 Å². The maximum atomic E-state index is 5.74. The van der Waals surface area contributed by atoms with E-state index in [1.807, 2.05) is 0 Å². The SMILES string of the molecule is NCC1CNc2nnc(C3CCCC3)n2C1. The summed E-state index contributed by atoms with van der Waals surface area (Å²) in [6.07, 6.45) is 5.21. The van der Waals surface area contributed by atoms with Crippen LogP contribution < -0.4 is 11.1 Å². The Balaban J connectivity index is 1.87. The second-order valence-corrected chi connectivity index (χ2v) is 4.96. The van der Waals surface area contributed by atoms with Crippen LogP contribution in [0.2, 0.25) is 0 Å². The molecule has 0 amide bonds. The van der Waals surface area contributed by atoms with Crippen molar-refractivity contribution in [2.45, 2.75) is 38.1 Å². The molecule has 88 valence electrons. The molecule has 0 aromatic carbocycles. The molecule has 16 heavy (non-hydrogen) atoms. The van der Waals surface area contributed by atoms with E-state index in [0.717, 1.165) is 25.6 Å². The van der Waals surface area contributed by atoms with Gasteiger partial charge in [0.1, 0.15) is 5.82 Å². The molecular weight excluding hydrogens is 202 g/mol. The van der Waals surface area contributed by atoms with E-state index in [0.29, 0.717) is 11.8 Å². The van der Waals surface area contributed by atoms with E-state index in [-0.39, 0.29) is 0 Å². The average molecular weight is 221 g/mol. The molecule has 1 aliphatic carbocycles. The summed E-state index contributed by atoms with van der Waals surface area (Å²) >= 11 is 0. The van der Waals surface area contributed by atoms with Crippen molar-refractivity contribution in [3.05, 3.63) is 5.82 Å². The van der Waals surface area contributed by atoms with E-state index in [2.05, 4.69) is 20.1 Å². The summed E-state index contributed by atoms with van der Waals surface area (Å²) in [5, 5.41) is 11.9. The number of nitrogens with one attached hydrogen (secondary N) is 1. The molecule has 1 aromatic rings. The zero-order valence-electron chi connectivity index (χ0n) is 9.52. The fraction of sp³-hybridized carbons (Fsp3) is 0.818. The molecule has 1 fully saturated rings. The zero-order valence-corrected chi connectivity index (χ0v) is 9.52. The van der Waals surface area contributed by atoms with Gasteiger partial charge in [-0.2, -0.15) is 0 Å². The second kappa shape index (κ2) is 4.05. The summed E-state index contributed by atoms with van der Waals surface area (Å²) in [5.74, 6) is 3.26. The Bertz CT molecular complexity index is 366. The van der Waals surface area contributed by atoms with E-state index in [4.69, 9.17) is 5.73 Å². The first-order valence-corrected chi connectivity index (χ1v) is 6.25. The van der Waals surface area contributed by atoms with Crippen molar-refractivity contribution in [3.63, 3.8) is 0 Å². The van der Waals surface area contributed by atoms with Gasteiger partial charge in [0.25, 0.3) is 0 Å². The van der Waals surface area contributed by atoms with Crippen LogP contribution in [0.5, 0.6) is 0 Å². The molecule has 5 heteroatoms. The number of nitrogens with zero attached hydrogens (tertiary/aromatic N) is 3. The largest absolute Gasteiger partial charge is 0.354 e. The fourth-order valence-electron chi connectivity index (χ4n) is 2.83. The molecule has 2 heterocycles. The summed E-state index contributed by atoms with van der Waals surface area (Å²) in [6, 6.07) is 0. The standard InChI is InChI=1S/C11H19N5/c12-5-8-6-13-11-15-14-10(16(11)7-8)9-3-1-2-4-9/h8-9H,1-7,12H2,(H,13,15). The molecule has 3 rings (SSSR count). The van der Waals surface area contributed by atoms with Gasteiger partial charge in [-0.25, -0.2) is 0 Å². The normalized spacial score (nSPS) is 25.4. The molecule has 0 saturated heterocycles. The van der Waals surface area contributed by atoms with Crippen molar-refractivity contribution >= 4 is 5.95 Å². The third-order valence-electron chi connectivity index (χ3n) is 3.82. The van der Waals surface area contributed by atoms with Crippen LogP contribution in [0.15, 0.2) is 0 Å². The first-order valence-electron chi connectivity index (χ1n) is 6.25. The molecule has 2 aliphatic rings. The highest BCUT2D eigenvalue weighted by Crippen LogP contribution is 2.34. The Labute approximate surface area is 95.4 Å². The first kappa shape index (κ1) is 10.1. The molecule has 0 bridgehead atoms. The minimum atomic E-state index is 0.517. The molecule has 5 nitrogen and oxygen atoms in total. The summed E-state index contributed by atoms with van der Waals surface area (Å²) in [6.45, 7) is 2.64. The van der Waals surface area contributed by atoms with Gasteiger partial charge >= 0.3 is 0 Å². The summed E-state index contributed by atoms with van der Waals surface area (Å²) < 4.78 is 2.25. The highest BCUT2D eigenvalue weighted by atomic mass is 15.4. The third kappa shape index (κ3) is 1.59. The lowest BCUT2D eigenvalue weighted by Gasteiger charge is -2.25. The molecule has 0 spiro atoms. The number of anilines is 1. The average Bonchev–Trinajstić information content (AvgIpc) is 2.96. The quantitative estimate of drug-likeness (QED) is 0.779. The van der Waals surface area contributed by atoms with Crippen molar-refractivity contribution in [1.82, 2.24) is 14.8 Å². The molecule has 1 saturated carbocycles.